The number of hydrogen-bond acceptors (Lipinski definition) is 4. The van der Waals surface area contributed by atoms with Crippen LogP contribution in [0.5, 0.6) is 0 Å². The Labute approximate surface area is 68.6 Å². The summed E-state index contributed by atoms with van der Waals surface area (Å²) in [6.07, 6.45) is 2.94. The molecule has 0 bridgehead atoms. The summed E-state index contributed by atoms with van der Waals surface area (Å²) < 4.78 is 4.21. The summed E-state index contributed by atoms with van der Waals surface area (Å²) in [6.45, 7) is 0. The monoisotopic (exact) mass is 172 g/mol. The average Bonchev–Trinajstić information content (AvgIpc) is 2.03. The Kier molecular flexibility index (Phi) is 4.21. The fourth-order valence-electron chi connectivity index (χ4n) is 0.357. The highest BCUT2D eigenvalue weighted by molar-refractivity contribution is 5.85. The van der Waals surface area contributed by atoms with Crippen LogP contribution in [-0.4, -0.2) is 29.3 Å². The Balaban J connectivity index is 4.12. The summed E-state index contributed by atoms with van der Waals surface area (Å²) >= 11 is 0. The topological polar surface area (TPSA) is 83.8 Å². The lowest BCUT2D eigenvalue weighted by Crippen LogP contribution is -1.98. The van der Waals surface area contributed by atoms with Crippen molar-refractivity contribution in [2.75, 3.05) is 7.11 Å². The van der Waals surface area contributed by atoms with Crippen molar-refractivity contribution >= 4 is 11.9 Å². The van der Waals surface area contributed by atoms with Gasteiger partial charge in [0.15, 0.2) is 0 Å². The molecule has 0 radical (unpaired) electrons. The third-order valence-electron chi connectivity index (χ3n) is 0.907. The third-order valence-corrected chi connectivity index (χ3v) is 0.907. The van der Waals surface area contributed by atoms with E-state index in [1.807, 2.05) is 0 Å². The number of carboxylic acids is 1. The molecule has 5 nitrogen and oxygen atoms in total. The summed E-state index contributed by atoms with van der Waals surface area (Å²) in [6, 6.07) is 0. The lowest BCUT2D eigenvalue weighted by molar-refractivity contribution is -0.136. The highest BCUT2D eigenvalue weighted by Gasteiger charge is 2.00. The number of esters is 1. The van der Waals surface area contributed by atoms with Gasteiger partial charge in [0.25, 0.3) is 0 Å². The van der Waals surface area contributed by atoms with Gasteiger partial charge in [-0.25, -0.2) is 9.59 Å². The largest absolute Gasteiger partial charge is 0.502 e. The van der Waals surface area contributed by atoms with Crippen LogP contribution in [0.2, 0.25) is 0 Å². The lowest BCUT2D eigenvalue weighted by atomic mass is 10.4. The van der Waals surface area contributed by atoms with Crippen LogP contribution in [0.3, 0.4) is 0 Å². The molecule has 0 fully saturated rings. The quantitative estimate of drug-likeness (QED) is 0.276. The number of ether oxygens (including phenoxy) is 1. The molecule has 0 heterocycles. The van der Waals surface area contributed by atoms with Gasteiger partial charge in [0.05, 0.1) is 7.11 Å². The van der Waals surface area contributed by atoms with Gasteiger partial charge in [0, 0.05) is 6.08 Å². The molecular formula is C7H8O5. The van der Waals surface area contributed by atoms with Gasteiger partial charge < -0.3 is 14.9 Å². The van der Waals surface area contributed by atoms with Gasteiger partial charge in [0.1, 0.15) is 0 Å². The molecule has 0 aliphatic rings. The fourth-order valence-corrected chi connectivity index (χ4v) is 0.357. The van der Waals surface area contributed by atoms with Crippen LogP contribution in [0.4, 0.5) is 0 Å². The first kappa shape index (κ1) is 10.2. The SMILES string of the molecule is COC(=O)/C=C/C=C(\O)C(=O)O. The second-order valence-electron chi connectivity index (χ2n) is 1.74. The maximum Gasteiger partial charge on any atom is 0.370 e. The van der Waals surface area contributed by atoms with E-state index in [9.17, 15) is 9.59 Å². The van der Waals surface area contributed by atoms with Crippen LogP contribution in [0.15, 0.2) is 24.0 Å². The molecule has 0 amide bonds. The molecule has 0 aliphatic carbocycles. The molecular weight excluding hydrogens is 164 g/mol. The van der Waals surface area contributed by atoms with Gasteiger partial charge in [-0.15, -0.1) is 0 Å². The van der Waals surface area contributed by atoms with Gasteiger partial charge in [-0.3, -0.25) is 0 Å². The van der Waals surface area contributed by atoms with Crippen molar-refractivity contribution in [1.29, 1.82) is 0 Å². The molecule has 0 saturated heterocycles. The predicted octanol–water partition coefficient (Wildman–Crippen LogP) is 0.242. The molecule has 0 aromatic carbocycles. The molecule has 66 valence electrons. The van der Waals surface area contributed by atoms with Crippen molar-refractivity contribution in [3.05, 3.63) is 24.0 Å². The van der Waals surface area contributed by atoms with E-state index in [0.717, 1.165) is 18.2 Å². The Bertz CT molecular complexity index is 238. The number of carboxylic acid groups (broad SMARTS) is 1. The molecule has 0 atom stereocenters. The number of aliphatic carboxylic acids is 1. The molecule has 0 aromatic rings. The Morgan fingerprint density at radius 3 is 2.33 bits per heavy atom. The summed E-state index contributed by atoms with van der Waals surface area (Å²) in [5, 5.41) is 16.7. The zero-order chi connectivity index (χ0) is 9.56. The standard InChI is InChI=1S/C7H8O5/c1-12-6(9)4-2-3-5(8)7(10)11/h2-4,8H,1H3,(H,10,11)/b4-2+,5-3-. The van der Waals surface area contributed by atoms with E-state index >= 15 is 0 Å². The first-order valence-corrected chi connectivity index (χ1v) is 2.96. The number of aliphatic hydroxyl groups excluding tert-OH is 1. The van der Waals surface area contributed by atoms with Gasteiger partial charge in [0.2, 0.25) is 5.76 Å². The molecule has 0 saturated carbocycles. The van der Waals surface area contributed by atoms with E-state index in [2.05, 4.69) is 4.74 Å². The van der Waals surface area contributed by atoms with Gasteiger partial charge in [-0.2, -0.15) is 0 Å². The molecule has 5 heteroatoms. The first-order valence-electron chi connectivity index (χ1n) is 2.96. The molecule has 12 heavy (non-hydrogen) atoms. The van der Waals surface area contributed by atoms with E-state index in [1.54, 1.807) is 0 Å². The van der Waals surface area contributed by atoms with Crippen molar-refractivity contribution in [1.82, 2.24) is 0 Å². The minimum absolute atomic E-state index is 0.621. The van der Waals surface area contributed by atoms with Crippen molar-refractivity contribution in [2.45, 2.75) is 0 Å². The predicted molar refractivity (Wildman–Crippen MR) is 39.5 cm³/mol. The second kappa shape index (κ2) is 4.95. The number of aliphatic hydroxyl groups is 1. The van der Waals surface area contributed by atoms with E-state index in [4.69, 9.17) is 10.2 Å². The number of rotatable bonds is 3. The summed E-state index contributed by atoms with van der Waals surface area (Å²) in [5.41, 5.74) is 0. The molecule has 0 aromatic heterocycles. The minimum Gasteiger partial charge on any atom is -0.502 e. The number of methoxy groups -OCH3 is 1. The Morgan fingerprint density at radius 1 is 1.33 bits per heavy atom. The first-order chi connectivity index (χ1) is 5.57. The van der Waals surface area contributed by atoms with E-state index < -0.39 is 17.7 Å². The Morgan fingerprint density at radius 2 is 1.92 bits per heavy atom. The lowest BCUT2D eigenvalue weighted by Gasteiger charge is -1.88. The van der Waals surface area contributed by atoms with Gasteiger partial charge in [-0.1, -0.05) is 6.08 Å². The number of carbonyl (C=O) groups is 2. The van der Waals surface area contributed by atoms with Crippen LogP contribution in [0.25, 0.3) is 0 Å². The van der Waals surface area contributed by atoms with Crippen LogP contribution in [-0.2, 0) is 14.3 Å². The number of carbonyl (C=O) groups excluding carboxylic acids is 1. The maximum atomic E-state index is 10.4. The van der Waals surface area contributed by atoms with Crippen molar-refractivity contribution in [3.63, 3.8) is 0 Å². The zero-order valence-corrected chi connectivity index (χ0v) is 6.35. The smallest absolute Gasteiger partial charge is 0.370 e. The highest BCUT2D eigenvalue weighted by atomic mass is 16.5. The van der Waals surface area contributed by atoms with E-state index in [0.29, 0.717) is 0 Å². The molecule has 0 unspecified atom stereocenters. The van der Waals surface area contributed by atoms with Gasteiger partial charge in [-0.05, 0) is 6.08 Å². The van der Waals surface area contributed by atoms with Crippen LogP contribution >= 0.6 is 0 Å². The van der Waals surface area contributed by atoms with Gasteiger partial charge >= 0.3 is 11.9 Å². The van der Waals surface area contributed by atoms with Crippen molar-refractivity contribution in [2.24, 2.45) is 0 Å². The Hall–Kier alpha value is -1.78. The van der Waals surface area contributed by atoms with E-state index in [1.165, 1.54) is 7.11 Å². The maximum absolute atomic E-state index is 10.4. The highest BCUT2D eigenvalue weighted by Crippen LogP contribution is 1.89. The number of allylic oxidation sites excluding steroid dienone is 2. The molecule has 2 N–H and O–H groups in total. The van der Waals surface area contributed by atoms with E-state index in [-0.39, 0.29) is 0 Å². The van der Waals surface area contributed by atoms with Crippen LogP contribution < -0.4 is 0 Å². The normalized spacial score (nSPS) is 11.6. The second-order valence-corrected chi connectivity index (χ2v) is 1.74. The zero-order valence-electron chi connectivity index (χ0n) is 6.35. The van der Waals surface area contributed by atoms with Crippen molar-refractivity contribution < 1.29 is 24.5 Å². The summed E-state index contributed by atoms with van der Waals surface area (Å²) in [5.74, 6) is -2.91. The average molecular weight is 172 g/mol. The molecule has 0 aliphatic heterocycles. The molecule has 0 rings (SSSR count). The third kappa shape index (κ3) is 4.10. The van der Waals surface area contributed by atoms with Crippen molar-refractivity contribution in [3.8, 4) is 0 Å². The summed E-state index contributed by atoms with van der Waals surface area (Å²) in [4.78, 5) is 20.4. The fraction of sp³-hybridized carbons (Fsp3) is 0.143. The molecule has 0 spiro atoms. The minimum atomic E-state index is -1.45. The van der Waals surface area contributed by atoms with Crippen LogP contribution in [0.1, 0.15) is 0 Å². The van der Waals surface area contributed by atoms with Crippen LogP contribution in [0, 0.1) is 0 Å². The summed E-state index contributed by atoms with van der Waals surface area (Å²) in [7, 11) is 1.19. The number of hydrogen-bond donors (Lipinski definition) is 2.